The third-order valence-corrected chi connectivity index (χ3v) is 4.07. The molecule has 0 saturated heterocycles. The van der Waals surface area contributed by atoms with E-state index in [4.69, 9.17) is 31.2 Å². The Kier molecular flexibility index (Phi) is 9.63. The van der Waals surface area contributed by atoms with Crippen molar-refractivity contribution in [2.75, 3.05) is 39.4 Å². The molecule has 2 aromatic carbocycles. The molecule has 0 atom stereocenters. The molecule has 160 valence electrons. The van der Waals surface area contributed by atoms with Crippen LogP contribution in [-0.2, 0) is 9.53 Å². The van der Waals surface area contributed by atoms with E-state index in [0.717, 1.165) is 5.56 Å². The van der Waals surface area contributed by atoms with E-state index in [1.54, 1.807) is 38.5 Å². The van der Waals surface area contributed by atoms with Crippen LogP contribution in [0.3, 0.4) is 0 Å². The van der Waals surface area contributed by atoms with Gasteiger partial charge in [-0.1, -0.05) is 12.1 Å². The van der Waals surface area contributed by atoms with E-state index < -0.39 is 0 Å². The number of nitrogens with one attached hydrogen (secondary N) is 2. The largest absolute Gasteiger partial charge is 0.493 e. The van der Waals surface area contributed by atoms with Gasteiger partial charge >= 0.3 is 0 Å². The minimum Gasteiger partial charge on any atom is -0.493 e. The molecule has 8 heteroatoms. The number of rotatable bonds is 10. The van der Waals surface area contributed by atoms with E-state index >= 15 is 0 Å². The fourth-order valence-corrected chi connectivity index (χ4v) is 2.69. The minimum atomic E-state index is -0.355. The quantitative estimate of drug-likeness (QED) is 0.338. The van der Waals surface area contributed by atoms with Gasteiger partial charge in [-0.05, 0) is 55.0 Å². The molecule has 7 nitrogen and oxygen atoms in total. The van der Waals surface area contributed by atoms with Crippen molar-refractivity contribution in [2.45, 2.75) is 6.92 Å². The summed E-state index contributed by atoms with van der Waals surface area (Å²) in [6.45, 7) is 3.57. The monoisotopic (exact) mass is 430 g/mol. The van der Waals surface area contributed by atoms with Crippen molar-refractivity contribution in [1.82, 2.24) is 5.32 Å². The molecule has 2 aromatic rings. The van der Waals surface area contributed by atoms with Crippen molar-refractivity contribution in [2.24, 2.45) is 0 Å². The molecule has 0 radical (unpaired) electrons. The van der Waals surface area contributed by atoms with Gasteiger partial charge in [0.1, 0.15) is 12.4 Å². The summed E-state index contributed by atoms with van der Waals surface area (Å²) in [5, 5.41) is 5.75. The van der Waals surface area contributed by atoms with Crippen LogP contribution in [0.5, 0.6) is 17.2 Å². The van der Waals surface area contributed by atoms with Crippen molar-refractivity contribution in [1.29, 1.82) is 0 Å². The van der Waals surface area contributed by atoms with Crippen LogP contribution in [0.2, 0.25) is 0 Å². The van der Waals surface area contributed by atoms with Crippen molar-refractivity contribution in [3.8, 4) is 17.2 Å². The number of ether oxygens (including phenoxy) is 4. The molecule has 0 aliphatic heterocycles. The first-order valence-corrected chi connectivity index (χ1v) is 9.79. The van der Waals surface area contributed by atoms with E-state index in [9.17, 15) is 4.79 Å². The molecule has 30 heavy (non-hydrogen) atoms. The zero-order valence-electron chi connectivity index (χ0n) is 17.3. The number of hydrogen-bond donors (Lipinski definition) is 2. The predicted molar refractivity (Wildman–Crippen MR) is 121 cm³/mol. The van der Waals surface area contributed by atoms with E-state index in [-0.39, 0.29) is 11.0 Å². The molecule has 0 heterocycles. The summed E-state index contributed by atoms with van der Waals surface area (Å²) in [7, 11) is 3.12. The highest BCUT2D eigenvalue weighted by Crippen LogP contribution is 2.27. The number of carbonyl (C=O) groups is 1. The summed E-state index contributed by atoms with van der Waals surface area (Å²) in [5.74, 6) is 1.53. The molecular weight excluding hydrogens is 404 g/mol. The van der Waals surface area contributed by atoms with Gasteiger partial charge < -0.3 is 24.3 Å². The van der Waals surface area contributed by atoms with E-state index in [2.05, 4.69) is 10.6 Å². The van der Waals surface area contributed by atoms with Crippen molar-refractivity contribution in [3.63, 3.8) is 0 Å². The molecule has 0 saturated carbocycles. The predicted octanol–water partition coefficient (Wildman–Crippen LogP) is 3.65. The molecule has 2 N–H and O–H groups in total. The lowest BCUT2D eigenvalue weighted by Gasteiger charge is -2.11. The molecule has 2 rings (SSSR count). The van der Waals surface area contributed by atoms with E-state index in [1.807, 2.05) is 31.2 Å². The molecule has 0 aliphatic rings. The molecule has 0 spiro atoms. The van der Waals surface area contributed by atoms with Crippen LogP contribution in [0.4, 0.5) is 5.69 Å². The number of amides is 1. The lowest BCUT2D eigenvalue weighted by Crippen LogP contribution is -2.32. The van der Waals surface area contributed by atoms with Gasteiger partial charge in [0, 0.05) is 24.4 Å². The zero-order chi connectivity index (χ0) is 21.8. The van der Waals surface area contributed by atoms with Gasteiger partial charge in [-0.15, -0.1) is 0 Å². The molecule has 0 aliphatic carbocycles. The van der Waals surface area contributed by atoms with Crippen LogP contribution in [0.25, 0.3) is 6.08 Å². The standard InChI is InChI=1S/C22H26N2O5S/c1-4-28-12-13-29-18-7-5-6-17(15-18)23-22(30)24-21(25)11-9-16-8-10-19(26-2)20(14-16)27-3/h5-11,14-15H,4,12-13H2,1-3H3,(H2,23,24,25,30)/b11-9+. The highest BCUT2D eigenvalue weighted by atomic mass is 32.1. The van der Waals surface area contributed by atoms with Gasteiger partial charge in [-0.3, -0.25) is 10.1 Å². The Balaban J connectivity index is 1.87. The van der Waals surface area contributed by atoms with Crippen LogP contribution < -0.4 is 24.8 Å². The Morgan fingerprint density at radius 3 is 2.60 bits per heavy atom. The highest BCUT2D eigenvalue weighted by molar-refractivity contribution is 7.80. The first kappa shape index (κ1) is 23.2. The summed E-state index contributed by atoms with van der Waals surface area (Å²) in [6, 6.07) is 12.7. The summed E-state index contributed by atoms with van der Waals surface area (Å²) in [4.78, 5) is 12.1. The number of methoxy groups -OCH3 is 2. The third-order valence-electron chi connectivity index (χ3n) is 3.86. The Bertz CT molecular complexity index is 886. The SMILES string of the molecule is CCOCCOc1cccc(NC(=S)NC(=O)/C=C/c2ccc(OC)c(OC)c2)c1. The first-order chi connectivity index (χ1) is 14.5. The van der Waals surface area contributed by atoms with Gasteiger partial charge in [-0.25, -0.2) is 0 Å². The lowest BCUT2D eigenvalue weighted by molar-refractivity contribution is -0.115. The van der Waals surface area contributed by atoms with Gasteiger partial charge in [0.15, 0.2) is 16.6 Å². The Hall–Kier alpha value is -3.10. The maximum atomic E-state index is 12.1. The van der Waals surface area contributed by atoms with Crippen molar-refractivity contribution < 1.29 is 23.7 Å². The Morgan fingerprint density at radius 1 is 1.07 bits per heavy atom. The fourth-order valence-electron chi connectivity index (χ4n) is 2.47. The second-order valence-electron chi connectivity index (χ2n) is 5.96. The van der Waals surface area contributed by atoms with Crippen molar-refractivity contribution in [3.05, 3.63) is 54.1 Å². The van der Waals surface area contributed by atoms with Crippen molar-refractivity contribution >= 4 is 35.0 Å². The summed E-state index contributed by atoms with van der Waals surface area (Å²) in [6.07, 6.45) is 3.05. The van der Waals surface area contributed by atoms with Crippen LogP contribution in [0.1, 0.15) is 12.5 Å². The molecule has 0 fully saturated rings. The molecule has 0 aromatic heterocycles. The lowest BCUT2D eigenvalue weighted by atomic mass is 10.2. The average molecular weight is 431 g/mol. The molecule has 0 unspecified atom stereocenters. The third kappa shape index (κ3) is 7.73. The number of thiocarbonyl (C=S) groups is 1. The minimum absolute atomic E-state index is 0.184. The van der Waals surface area contributed by atoms with Crippen LogP contribution in [-0.4, -0.2) is 45.1 Å². The Labute approximate surface area is 182 Å². The molecule has 0 bridgehead atoms. The molecular formula is C22H26N2O5S. The fraction of sp³-hybridized carbons (Fsp3) is 0.273. The maximum Gasteiger partial charge on any atom is 0.250 e. The van der Waals surface area contributed by atoms with Gasteiger partial charge in [-0.2, -0.15) is 0 Å². The highest BCUT2D eigenvalue weighted by Gasteiger charge is 2.05. The summed E-state index contributed by atoms with van der Waals surface area (Å²) < 4.78 is 21.3. The first-order valence-electron chi connectivity index (χ1n) is 9.38. The summed E-state index contributed by atoms with van der Waals surface area (Å²) >= 11 is 5.21. The number of hydrogen-bond acceptors (Lipinski definition) is 6. The van der Waals surface area contributed by atoms with Gasteiger partial charge in [0.25, 0.3) is 0 Å². The average Bonchev–Trinajstić information content (AvgIpc) is 2.75. The van der Waals surface area contributed by atoms with Gasteiger partial charge in [0.05, 0.1) is 20.8 Å². The Morgan fingerprint density at radius 2 is 1.87 bits per heavy atom. The van der Waals surface area contributed by atoms with Gasteiger partial charge in [0.2, 0.25) is 5.91 Å². The van der Waals surface area contributed by atoms with Crippen LogP contribution >= 0.6 is 12.2 Å². The molecule has 1 amide bonds. The number of benzene rings is 2. The topological polar surface area (TPSA) is 78.1 Å². The number of carbonyl (C=O) groups excluding carboxylic acids is 1. The van der Waals surface area contributed by atoms with Crippen LogP contribution in [0.15, 0.2) is 48.5 Å². The van der Waals surface area contributed by atoms with E-state index in [1.165, 1.54) is 6.08 Å². The summed E-state index contributed by atoms with van der Waals surface area (Å²) in [5.41, 5.74) is 1.50. The normalized spacial score (nSPS) is 10.5. The maximum absolute atomic E-state index is 12.1. The van der Waals surface area contributed by atoms with Crippen LogP contribution in [0, 0.1) is 0 Å². The smallest absolute Gasteiger partial charge is 0.250 e. The van der Waals surface area contributed by atoms with E-state index in [0.29, 0.717) is 42.8 Å². The number of anilines is 1. The second kappa shape index (κ2) is 12.5. The zero-order valence-corrected chi connectivity index (χ0v) is 18.1. The second-order valence-corrected chi connectivity index (χ2v) is 6.37.